The molecule has 0 bridgehead atoms. The summed E-state index contributed by atoms with van der Waals surface area (Å²) in [4.78, 5) is 2.47. The first kappa shape index (κ1) is 12.7. The molecule has 2 atom stereocenters. The van der Waals surface area contributed by atoms with E-state index in [0.29, 0.717) is 0 Å². The largest absolute Gasteiger partial charge is 0.398 e. The number of rotatable bonds is 1. The zero-order valence-corrected chi connectivity index (χ0v) is 12.4. The van der Waals surface area contributed by atoms with Gasteiger partial charge in [-0.3, -0.25) is 0 Å². The third kappa shape index (κ3) is 2.59. The molecule has 1 aliphatic rings. The number of benzene rings is 1. The van der Waals surface area contributed by atoms with E-state index in [2.05, 4.69) is 47.7 Å². The molecular formula is C14H21BrN2. The Bertz CT molecular complexity index is 417. The van der Waals surface area contributed by atoms with Gasteiger partial charge >= 0.3 is 0 Å². The van der Waals surface area contributed by atoms with Gasteiger partial charge in [0.2, 0.25) is 0 Å². The van der Waals surface area contributed by atoms with Crippen molar-refractivity contribution in [1.29, 1.82) is 0 Å². The van der Waals surface area contributed by atoms with Crippen molar-refractivity contribution in [3.63, 3.8) is 0 Å². The van der Waals surface area contributed by atoms with Gasteiger partial charge in [-0.2, -0.15) is 0 Å². The zero-order valence-electron chi connectivity index (χ0n) is 10.8. The Hall–Kier alpha value is -0.700. The van der Waals surface area contributed by atoms with E-state index < -0.39 is 0 Å². The molecule has 94 valence electrons. The van der Waals surface area contributed by atoms with E-state index in [1.54, 1.807) is 0 Å². The van der Waals surface area contributed by atoms with Crippen LogP contribution >= 0.6 is 15.9 Å². The van der Waals surface area contributed by atoms with Crippen LogP contribution in [0.3, 0.4) is 0 Å². The molecule has 1 aliphatic heterocycles. The lowest BCUT2D eigenvalue weighted by Crippen LogP contribution is -2.38. The van der Waals surface area contributed by atoms with E-state index in [-0.39, 0.29) is 0 Å². The molecular weight excluding hydrogens is 276 g/mol. The van der Waals surface area contributed by atoms with Crippen LogP contribution in [0, 0.1) is 18.8 Å². The van der Waals surface area contributed by atoms with Crippen molar-refractivity contribution in [2.45, 2.75) is 27.2 Å². The van der Waals surface area contributed by atoms with Gasteiger partial charge in [-0.1, -0.05) is 13.8 Å². The van der Waals surface area contributed by atoms with E-state index in [4.69, 9.17) is 5.73 Å². The van der Waals surface area contributed by atoms with Crippen LogP contribution in [0.5, 0.6) is 0 Å². The second-order valence-electron chi connectivity index (χ2n) is 5.35. The molecule has 1 fully saturated rings. The number of piperidine rings is 1. The molecule has 0 aromatic heterocycles. The zero-order chi connectivity index (χ0) is 12.6. The van der Waals surface area contributed by atoms with Crippen LogP contribution in [0.4, 0.5) is 11.4 Å². The van der Waals surface area contributed by atoms with Crippen molar-refractivity contribution in [2.24, 2.45) is 11.8 Å². The predicted octanol–water partition coefficient (Wildman–Crippen LogP) is 3.82. The molecule has 0 aliphatic carbocycles. The molecule has 0 saturated carbocycles. The fraction of sp³-hybridized carbons (Fsp3) is 0.571. The van der Waals surface area contributed by atoms with Gasteiger partial charge in [-0.25, -0.2) is 0 Å². The molecule has 3 heteroatoms. The van der Waals surface area contributed by atoms with Gasteiger partial charge < -0.3 is 10.6 Å². The second kappa shape index (κ2) is 4.89. The Labute approximate surface area is 112 Å². The monoisotopic (exact) mass is 296 g/mol. The fourth-order valence-corrected chi connectivity index (χ4v) is 3.02. The standard InChI is InChI=1S/C14H21BrN2/c1-9-4-5-17(8-11(9)3)14-6-10(2)13(16)7-12(14)15/h6-7,9,11H,4-5,8,16H2,1-3H3. The van der Waals surface area contributed by atoms with Crippen LogP contribution in [0.1, 0.15) is 25.8 Å². The van der Waals surface area contributed by atoms with Crippen molar-refractivity contribution < 1.29 is 0 Å². The average Bonchev–Trinajstić information content (AvgIpc) is 2.27. The molecule has 2 nitrogen and oxygen atoms in total. The van der Waals surface area contributed by atoms with Crippen molar-refractivity contribution in [2.75, 3.05) is 23.7 Å². The Kier molecular flexibility index (Phi) is 3.67. The molecule has 1 aromatic rings. The summed E-state index contributed by atoms with van der Waals surface area (Å²) >= 11 is 3.63. The van der Waals surface area contributed by atoms with Gasteiger partial charge in [0.25, 0.3) is 0 Å². The Morgan fingerprint density at radius 3 is 2.65 bits per heavy atom. The summed E-state index contributed by atoms with van der Waals surface area (Å²) in [6.07, 6.45) is 1.27. The predicted molar refractivity (Wildman–Crippen MR) is 78.4 cm³/mol. The number of anilines is 2. The summed E-state index contributed by atoms with van der Waals surface area (Å²) in [5.74, 6) is 1.59. The summed E-state index contributed by atoms with van der Waals surface area (Å²) in [7, 11) is 0. The van der Waals surface area contributed by atoms with Crippen LogP contribution in [-0.4, -0.2) is 13.1 Å². The van der Waals surface area contributed by atoms with E-state index in [1.807, 2.05) is 6.07 Å². The quantitative estimate of drug-likeness (QED) is 0.798. The fourth-order valence-electron chi connectivity index (χ4n) is 2.41. The van der Waals surface area contributed by atoms with Crippen molar-refractivity contribution in [3.8, 4) is 0 Å². The number of hydrogen-bond acceptors (Lipinski definition) is 2. The smallest absolute Gasteiger partial charge is 0.0514 e. The van der Waals surface area contributed by atoms with Gasteiger partial charge in [0.15, 0.2) is 0 Å². The molecule has 17 heavy (non-hydrogen) atoms. The van der Waals surface area contributed by atoms with E-state index in [0.717, 1.165) is 40.6 Å². The van der Waals surface area contributed by atoms with E-state index >= 15 is 0 Å². The minimum Gasteiger partial charge on any atom is -0.398 e. The highest BCUT2D eigenvalue weighted by atomic mass is 79.9. The lowest BCUT2D eigenvalue weighted by molar-refractivity contribution is 0.324. The van der Waals surface area contributed by atoms with Crippen molar-refractivity contribution in [1.82, 2.24) is 0 Å². The number of hydrogen-bond donors (Lipinski definition) is 1. The number of aryl methyl sites for hydroxylation is 1. The summed E-state index contributed by atoms with van der Waals surface area (Å²) in [6, 6.07) is 4.22. The minimum absolute atomic E-state index is 0.758. The molecule has 0 amide bonds. The Balaban J connectivity index is 2.26. The highest BCUT2D eigenvalue weighted by Gasteiger charge is 2.24. The maximum absolute atomic E-state index is 5.92. The normalized spacial score (nSPS) is 25.1. The SMILES string of the molecule is Cc1cc(N2CCC(C)C(C)C2)c(Br)cc1N. The number of nitrogen functional groups attached to an aromatic ring is 1. The molecule has 0 radical (unpaired) electrons. The second-order valence-corrected chi connectivity index (χ2v) is 6.20. The molecule has 2 N–H and O–H groups in total. The first-order valence-corrected chi connectivity index (χ1v) is 7.09. The van der Waals surface area contributed by atoms with Gasteiger partial charge in [-0.15, -0.1) is 0 Å². The van der Waals surface area contributed by atoms with Gasteiger partial charge in [0.1, 0.15) is 0 Å². The minimum atomic E-state index is 0.758. The number of nitrogens with zero attached hydrogens (tertiary/aromatic N) is 1. The first-order chi connectivity index (χ1) is 7.99. The summed E-state index contributed by atoms with van der Waals surface area (Å²) < 4.78 is 1.11. The summed E-state index contributed by atoms with van der Waals surface area (Å²) in [5, 5.41) is 0. The highest BCUT2D eigenvalue weighted by molar-refractivity contribution is 9.10. The third-order valence-corrected chi connectivity index (χ3v) is 4.65. The molecule has 1 saturated heterocycles. The number of halogens is 1. The lowest BCUT2D eigenvalue weighted by atomic mass is 9.88. The summed E-state index contributed by atoms with van der Waals surface area (Å²) in [5.41, 5.74) is 9.23. The Morgan fingerprint density at radius 2 is 2.00 bits per heavy atom. The van der Waals surface area contributed by atoms with E-state index in [9.17, 15) is 0 Å². The molecule has 2 rings (SSSR count). The van der Waals surface area contributed by atoms with Crippen LogP contribution in [-0.2, 0) is 0 Å². The topological polar surface area (TPSA) is 29.3 Å². The van der Waals surface area contributed by atoms with Gasteiger partial charge in [0.05, 0.1) is 5.69 Å². The first-order valence-electron chi connectivity index (χ1n) is 6.29. The van der Waals surface area contributed by atoms with Gasteiger partial charge in [-0.05, 0) is 58.8 Å². The maximum Gasteiger partial charge on any atom is 0.0514 e. The van der Waals surface area contributed by atoms with Crippen molar-refractivity contribution >= 4 is 27.3 Å². The van der Waals surface area contributed by atoms with Crippen LogP contribution in [0.25, 0.3) is 0 Å². The molecule has 2 unspecified atom stereocenters. The van der Waals surface area contributed by atoms with E-state index in [1.165, 1.54) is 12.1 Å². The maximum atomic E-state index is 5.92. The van der Waals surface area contributed by atoms with Gasteiger partial charge in [0, 0.05) is 23.2 Å². The van der Waals surface area contributed by atoms with Crippen molar-refractivity contribution in [3.05, 3.63) is 22.2 Å². The highest BCUT2D eigenvalue weighted by Crippen LogP contribution is 2.34. The average molecular weight is 297 g/mol. The molecule has 1 aromatic carbocycles. The third-order valence-electron chi connectivity index (χ3n) is 4.01. The molecule has 1 heterocycles. The Morgan fingerprint density at radius 1 is 1.29 bits per heavy atom. The number of nitrogens with two attached hydrogens (primary N) is 1. The lowest BCUT2D eigenvalue weighted by Gasteiger charge is -2.37. The molecule has 0 spiro atoms. The summed E-state index contributed by atoms with van der Waals surface area (Å²) in [6.45, 7) is 9.05. The van der Waals surface area contributed by atoms with Crippen LogP contribution < -0.4 is 10.6 Å². The van der Waals surface area contributed by atoms with Crippen LogP contribution in [0.2, 0.25) is 0 Å². The van der Waals surface area contributed by atoms with Crippen LogP contribution in [0.15, 0.2) is 16.6 Å².